The lowest BCUT2D eigenvalue weighted by Gasteiger charge is -2.20. The Morgan fingerprint density at radius 2 is 1.87 bits per heavy atom. The minimum atomic E-state index is -0.794. The predicted molar refractivity (Wildman–Crippen MR) is 116 cm³/mol. The molecule has 2 aromatic rings. The van der Waals surface area contributed by atoms with Crippen LogP contribution in [0.1, 0.15) is 43.0 Å². The van der Waals surface area contributed by atoms with Crippen LogP contribution in [0.25, 0.3) is 0 Å². The second kappa shape index (κ2) is 9.87. The van der Waals surface area contributed by atoms with E-state index in [1.165, 1.54) is 18.2 Å². The number of nitrogens with one attached hydrogen (secondary N) is 2. The van der Waals surface area contributed by atoms with Gasteiger partial charge in [0.15, 0.2) is 0 Å². The smallest absolute Gasteiger partial charge is 0.282 e. The zero-order valence-corrected chi connectivity index (χ0v) is 17.0. The number of nitro benzene ring substituents is 1. The predicted octanol–water partition coefficient (Wildman–Crippen LogP) is 3.73. The van der Waals surface area contributed by atoms with Crippen molar-refractivity contribution in [2.24, 2.45) is 0 Å². The van der Waals surface area contributed by atoms with E-state index in [4.69, 9.17) is 0 Å². The average Bonchev–Trinajstić information content (AvgIpc) is 3.28. The van der Waals surface area contributed by atoms with Gasteiger partial charge in [0.1, 0.15) is 11.6 Å². The normalized spacial score (nSPS) is 14.2. The molecule has 1 heterocycles. The van der Waals surface area contributed by atoms with E-state index in [1.54, 1.807) is 6.07 Å². The minimum Gasteiger partial charge on any atom is -0.371 e. The van der Waals surface area contributed by atoms with Gasteiger partial charge in [-0.3, -0.25) is 19.7 Å². The Morgan fingerprint density at radius 3 is 2.57 bits per heavy atom. The SMILES string of the molecule is CCCC(NC(=O)c1ccccc1[N+](=O)[O-])C(=O)Nc1cccc(N2CCCC2)c1. The summed E-state index contributed by atoms with van der Waals surface area (Å²) in [6, 6.07) is 12.6. The molecule has 1 unspecified atom stereocenters. The van der Waals surface area contributed by atoms with Crippen molar-refractivity contribution in [3.63, 3.8) is 0 Å². The van der Waals surface area contributed by atoms with Gasteiger partial charge in [0, 0.05) is 30.5 Å². The van der Waals surface area contributed by atoms with Crippen LogP contribution in [-0.4, -0.2) is 35.9 Å². The van der Waals surface area contributed by atoms with Crippen LogP contribution in [0.4, 0.5) is 17.1 Å². The highest BCUT2D eigenvalue weighted by Crippen LogP contribution is 2.24. The zero-order chi connectivity index (χ0) is 21.5. The lowest BCUT2D eigenvalue weighted by Crippen LogP contribution is -2.43. The number of hydrogen-bond donors (Lipinski definition) is 2. The molecule has 1 aliphatic rings. The van der Waals surface area contributed by atoms with Crippen molar-refractivity contribution in [2.75, 3.05) is 23.3 Å². The molecular weight excluding hydrogens is 384 g/mol. The average molecular weight is 410 g/mol. The molecule has 30 heavy (non-hydrogen) atoms. The maximum absolute atomic E-state index is 12.8. The number of nitro groups is 1. The van der Waals surface area contributed by atoms with Crippen LogP contribution in [0.3, 0.4) is 0 Å². The van der Waals surface area contributed by atoms with E-state index in [0.717, 1.165) is 31.6 Å². The van der Waals surface area contributed by atoms with Crippen LogP contribution in [0.2, 0.25) is 0 Å². The van der Waals surface area contributed by atoms with Crippen molar-refractivity contribution in [3.8, 4) is 0 Å². The first-order valence-electron chi connectivity index (χ1n) is 10.2. The summed E-state index contributed by atoms with van der Waals surface area (Å²) in [7, 11) is 0. The molecule has 0 spiro atoms. The van der Waals surface area contributed by atoms with Gasteiger partial charge in [-0.05, 0) is 43.5 Å². The van der Waals surface area contributed by atoms with Crippen molar-refractivity contribution in [2.45, 2.75) is 38.6 Å². The Bertz CT molecular complexity index is 925. The summed E-state index contributed by atoms with van der Waals surface area (Å²) >= 11 is 0. The van der Waals surface area contributed by atoms with Crippen LogP contribution in [0.15, 0.2) is 48.5 Å². The summed E-state index contributed by atoms with van der Waals surface area (Å²) in [6.45, 7) is 3.91. The molecule has 1 fully saturated rings. The van der Waals surface area contributed by atoms with E-state index < -0.39 is 16.9 Å². The highest BCUT2D eigenvalue weighted by atomic mass is 16.6. The van der Waals surface area contributed by atoms with E-state index in [0.29, 0.717) is 18.5 Å². The standard InChI is InChI=1S/C22H26N4O4/c1-2-8-19(24-21(27)18-11-3-4-12-20(18)26(29)30)22(28)23-16-9-7-10-17(15-16)25-13-5-6-14-25/h3-4,7,9-12,15,19H,2,5-6,8,13-14H2,1H3,(H,23,28)(H,24,27). The first-order chi connectivity index (χ1) is 14.5. The topological polar surface area (TPSA) is 105 Å². The van der Waals surface area contributed by atoms with E-state index in [1.807, 2.05) is 31.2 Å². The van der Waals surface area contributed by atoms with Crippen LogP contribution in [0, 0.1) is 10.1 Å². The van der Waals surface area contributed by atoms with Crippen LogP contribution < -0.4 is 15.5 Å². The number of amides is 2. The fourth-order valence-electron chi connectivity index (χ4n) is 3.60. The number of para-hydroxylation sites is 1. The van der Waals surface area contributed by atoms with Crippen LogP contribution >= 0.6 is 0 Å². The maximum atomic E-state index is 12.8. The summed E-state index contributed by atoms with van der Waals surface area (Å²) in [4.78, 5) is 38.4. The van der Waals surface area contributed by atoms with Gasteiger partial charge in [-0.25, -0.2) is 0 Å². The van der Waals surface area contributed by atoms with E-state index in [9.17, 15) is 19.7 Å². The zero-order valence-electron chi connectivity index (χ0n) is 17.0. The lowest BCUT2D eigenvalue weighted by atomic mass is 10.1. The Labute approximate surface area is 175 Å². The second-order valence-corrected chi connectivity index (χ2v) is 7.32. The summed E-state index contributed by atoms with van der Waals surface area (Å²) in [6.07, 6.45) is 3.41. The first kappa shape index (κ1) is 21.3. The molecule has 158 valence electrons. The number of carbonyl (C=O) groups excluding carboxylic acids is 2. The molecule has 2 aromatic carbocycles. The third-order valence-corrected chi connectivity index (χ3v) is 5.13. The van der Waals surface area contributed by atoms with Gasteiger partial charge in [0.2, 0.25) is 5.91 Å². The van der Waals surface area contributed by atoms with Crippen molar-refractivity contribution in [1.29, 1.82) is 0 Å². The maximum Gasteiger partial charge on any atom is 0.282 e. The fraction of sp³-hybridized carbons (Fsp3) is 0.364. The lowest BCUT2D eigenvalue weighted by molar-refractivity contribution is -0.385. The minimum absolute atomic E-state index is 0.0626. The van der Waals surface area contributed by atoms with Crippen molar-refractivity contribution in [3.05, 3.63) is 64.2 Å². The largest absolute Gasteiger partial charge is 0.371 e. The third-order valence-electron chi connectivity index (χ3n) is 5.13. The monoisotopic (exact) mass is 410 g/mol. The van der Waals surface area contributed by atoms with Gasteiger partial charge in [-0.15, -0.1) is 0 Å². The summed E-state index contributed by atoms with van der Waals surface area (Å²) < 4.78 is 0. The van der Waals surface area contributed by atoms with E-state index in [2.05, 4.69) is 15.5 Å². The summed E-state index contributed by atoms with van der Waals surface area (Å²) in [5.74, 6) is -0.982. The Morgan fingerprint density at radius 1 is 1.13 bits per heavy atom. The van der Waals surface area contributed by atoms with Gasteiger partial charge in [0.05, 0.1) is 4.92 Å². The molecule has 8 nitrogen and oxygen atoms in total. The molecule has 0 saturated carbocycles. The highest BCUT2D eigenvalue weighted by molar-refractivity contribution is 6.03. The van der Waals surface area contributed by atoms with E-state index >= 15 is 0 Å². The fourth-order valence-corrected chi connectivity index (χ4v) is 3.60. The number of anilines is 2. The molecule has 1 saturated heterocycles. The first-order valence-corrected chi connectivity index (χ1v) is 10.2. The molecule has 3 rings (SSSR count). The number of rotatable bonds is 8. The van der Waals surface area contributed by atoms with Gasteiger partial charge < -0.3 is 15.5 Å². The van der Waals surface area contributed by atoms with E-state index in [-0.39, 0.29) is 17.2 Å². The molecule has 0 aromatic heterocycles. The summed E-state index contributed by atoms with van der Waals surface area (Å²) in [5, 5.41) is 16.7. The van der Waals surface area contributed by atoms with Crippen LogP contribution in [0.5, 0.6) is 0 Å². The molecule has 1 atom stereocenters. The van der Waals surface area contributed by atoms with Gasteiger partial charge in [0.25, 0.3) is 11.6 Å². The molecule has 1 aliphatic heterocycles. The second-order valence-electron chi connectivity index (χ2n) is 7.32. The van der Waals surface area contributed by atoms with Gasteiger partial charge in [-0.2, -0.15) is 0 Å². The Balaban J connectivity index is 1.72. The van der Waals surface area contributed by atoms with Crippen LogP contribution in [-0.2, 0) is 4.79 Å². The molecule has 0 bridgehead atoms. The van der Waals surface area contributed by atoms with Gasteiger partial charge >= 0.3 is 0 Å². The molecule has 2 N–H and O–H groups in total. The Kier molecular flexibility index (Phi) is 7.00. The number of hydrogen-bond acceptors (Lipinski definition) is 5. The highest BCUT2D eigenvalue weighted by Gasteiger charge is 2.25. The third kappa shape index (κ3) is 5.14. The number of nitrogens with zero attached hydrogens (tertiary/aromatic N) is 2. The number of benzene rings is 2. The number of carbonyl (C=O) groups is 2. The molecule has 0 aliphatic carbocycles. The summed E-state index contributed by atoms with van der Waals surface area (Å²) in [5.41, 5.74) is 1.36. The van der Waals surface area contributed by atoms with Crippen molar-refractivity contribution in [1.82, 2.24) is 5.32 Å². The van der Waals surface area contributed by atoms with Gasteiger partial charge in [-0.1, -0.05) is 31.5 Å². The molecule has 8 heteroatoms. The Hall–Kier alpha value is -3.42. The van der Waals surface area contributed by atoms with Crippen molar-refractivity contribution >= 4 is 28.9 Å². The molecule has 0 radical (unpaired) electrons. The molecule has 2 amide bonds. The van der Waals surface area contributed by atoms with Crippen molar-refractivity contribution < 1.29 is 14.5 Å². The molecular formula is C22H26N4O4. The quantitative estimate of drug-likeness (QED) is 0.510.